The first-order valence-corrected chi connectivity index (χ1v) is 7.85. The fourth-order valence-corrected chi connectivity index (χ4v) is 2.41. The van der Waals surface area contributed by atoms with Crippen molar-refractivity contribution in [2.24, 2.45) is 0 Å². The first-order chi connectivity index (χ1) is 12.8. The second kappa shape index (κ2) is 8.54. The van der Waals surface area contributed by atoms with Crippen LogP contribution in [0.15, 0.2) is 11.0 Å². The summed E-state index contributed by atoms with van der Waals surface area (Å²) in [6, 6.07) is 0. The monoisotopic (exact) mass is 386 g/mol. The molecular formula is C15H17F3N6O3. The topological polar surface area (TPSA) is 116 Å². The number of carboxylic acid groups (broad SMARTS) is 1. The molecule has 146 valence electrons. The number of hydrogen-bond donors (Lipinski definition) is 3. The number of imidazole rings is 1. The van der Waals surface area contributed by atoms with Crippen LogP contribution in [0.2, 0.25) is 0 Å². The number of H-pyrrole nitrogens is 1. The van der Waals surface area contributed by atoms with Gasteiger partial charge in [-0.1, -0.05) is 5.92 Å². The van der Waals surface area contributed by atoms with Gasteiger partial charge in [-0.2, -0.15) is 18.3 Å². The normalized spacial score (nSPS) is 14.1. The molecular weight excluding hydrogens is 369 g/mol. The number of carbonyl (C=O) groups is 1. The predicted octanol–water partition coefficient (Wildman–Crippen LogP) is 0.186. The highest BCUT2D eigenvalue weighted by molar-refractivity contribution is 5.77. The number of nitrogens with zero attached hydrogens (tertiary/aromatic N) is 4. The van der Waals surface area contributed by atoms with E-state index < -0.39 is 12.1 Å². The first kappa shape index (κ1) is 20.2. The van der Waals surface area contributed by atoms with Gasteiger partial charge in [0.05, 0.1) is 12.7 Å². The Labute approximate surface area is 151 Å². The van der Waals surface area contributed by atoms with Gasteiger partial charge in [0, 0.05) is 26.2 Å². The zero-order valence-corrected chi connectivity index (χ0v) is 14.3. The molecule has 27 heavy (non-hydrogen) atoms. The maximum absolute atomic E-state index is 12.0. The van der Waals surface area contributed by atoms with Crippen molar-refractivity contribution in [2.45, 2.75) is 19.6 Å². The summed E-state index contributed by atoms with van der Waals surface area (Å²) in [6.07, 6.45) is -3.50. The lowest BCUT2D eigenvalue weighted by molar-refractivity contribution is -0.192. The molecule has 3 rings (SSSR count). The van der Waals surface area contributed by atoms with Crippen LogP contribution in [0.5, 0.6) is 0 Å². The molecule has 0 unspecified atom stereocenters. The third-order valence-corrected chi connectivity index (χ3v) is 3.60. The number of hydrogen-bond acceptors (Lipinski definition) is 6. The predicted molar refractivity (Wildman–Crippen MR) is 90.4 cm³/mol. The summed E-state index contributed by atoms with van der Waals surface area (Å²) in [5.74, 6) is 3.91. The van der Waals surface area contributed by atoms with Crippen molar-refractivity contribution >= 4 is 23.0 Å². The molecule has 2 aromatic rings. The summed E-state index contributed by atoms with van der Waals surface area (Å²) in [5, 5.41) is 16.7. The molecule has 0 atom stereocenters. The quantitative estimate of drug-likeness (QED) is 0.631. The van der Waals surface area contributed by atoms with Crippen molar-refractivity contribution < 1.29 is 23.1 Å². The molecule has 0 amide bonds. The Balaban J connectivity index is 0.000000321. The fourth-order valence-electron chi connectivity index (χ4n) is 2.41. The van der Waals surface area contributed by atoms with Crippen LogP contribution in [-0.4, -0.2) is 63.2 Å². The Morgan fingerprint density at radius 1 is 1.37 bits per heavy atom. The lowest BCUT2D eigenvalue weighted by atomic mass is 10.4. The van der Waals surface area contributed by atoms with Crippen LogP contribution < -0.4 is 15.8 Å². The van der Waals surface area contributed by atoms with Crippen LogP contribution in [0, 0.1) is 11.8 Å². The van der Waals surface area contributed by atoms with Crippen LogP contribution in [0.1, 0.15) is 6.92 Å². The summed E-state index contributed by atoms with van der Waals surface area (Å²) < 4.78 is 33.6. The molecule has 0 aliphatic carbocycles. The number of aliphatic carboxylic acids is 1. The minimum absolute atomic E-state index is 0.228. The van der Waals surface area contributed by atoms with E-state index in [1.54, 1.807) is 13.1 Å². The number of halogens is 3. The van der Waals surface area contributed by atoms with Gasteiger partial charge in [-0.15, -0.1) is 5.92 Å². The molecule has 1 fully saturated rings. The zero-order chi connectivity index (χ0) is 20.0. The minimum Gasteiger partial charge on any atom is -0.475 e. The van der Waals surface area contributed by atoms with Gasteiger partial charge in [0.2, 0.25) is 5.95 Å². The average molecular weight is 386 g/mol. The number of aromatic nitrogens is 4. The van der Waals surface area contributed by atoms with E-state index in [0.29, 0.717) is 17.6 Å². The molecule has 12 heteroatoms. The Hall–Kier alpha value is -3.07. The van der Waals surface area contributed by atoms with E-state index in [9.17, 15) is 18.0 Å². The molecule has 0 spiro atoms. The number of carboxylic acids is 1. The third kappa shape index (κ3) is 4.98. The van der Waals surface area contributed by atoms with Gasteiger partial charge in [0.15, 0.2) is 0 Å². The van der Waals surface area contributed by atoms with Gasteiger partial charge >= 0.3 is 12.1 Å². The van der Waals surface area contributed by atoms with E-state index >= 15 is 0 Å². The molecule has 9 nitrogen and oxygen atoms in total. The minimum atomic E-state index is -5.08. The second-order valence-corrected chi connectivity index (χ2v) is 5.40. The SMILES string of the molecule is CC#CCn1c(N2CCNCC2)nc2cn[nH]c(=O)c21.O=C(O)C(F)(F)F. The molecule has 1 aliphatic rings. The maximum atomic E-state index is 12.0. The molecule has 3 heterocycles. The van der Waals surface area contributed by atoms with E-state index in [-0.39, 0.29) is 5.56 Å². The molecule has 1 aliphatic heterocycles. The highest BCUT2D eigenvalue weighted by Crippen LogP contribution is 2.19. The van der Waals surface area contributed by atoms with Crippen LogP contribution in [0.25, 0.3) is 11.0 Å². The largest absolute Gasteiger partial charge is 0.490 e. The summed E-state index contributed by atoms with van der Waals surface area (Å²) in [7, 11) is 0. The van der Waals surface area contributed by atoms with E-state index in [4.69, 9.17) is 9.90 Å². The summed E-state index contributed by atoms with van der Waals surface area (Å²) in [5.41, 5.74) is 0.922. The molecule has 0 aromatic carbocycles. The van der Waals surface area contributed by atoms with Crippen LogP contribution >= 0.6 is 0 Å². The number of nitrogens with one attached hydrogen (secondary N) is 2. The van der Waals surface area contributed by atoms with Crippen molar-refractivity contribution in [2.75, 3.05) is 31.1 Å². The van der Waals surface area contributed by atoms with Gasteiger partial charge in [-0.3, -0.25) is 9.36 Å². The molecule has 2 aromatic heterocycles. The number of anilines is 1. The summed E-state index contributed by atoms with van der Waals surface area (Å²) >= 11 is 0. The molecule has 0 radical (unpaired) electrons. The van der Waals surface area contributed by atoms with Gasteiger partial charge in [-0.05, 0) is 6.92 Å². The van der Waals surface area contributed by atoms with E-state index in [0.717, 1.165) is 32.1 Å². The molecule has 0 saturated carbocycles. The Bertz CT molecular complexity index is 919. The molecule has 0 bridgehead atoms. The average Bonchev–Trinajstić information content (AvgIpc) is 3.00. The number of fused-ring (bicyclic) bond motifs is 1. The van der Waals surface area contributed by atoms with E-state index in [1.165, 1.54) is 0 Å². The zero-order valence-electron chi connectivity index (χ0n) is 14.3. The Morgan fingerprint density at radius 2 is 2.00 bits per heavy atom. The number of aromatic amines is 1. The van der Waals surface area contributed by atoms with E-state index in [2.05, 4.69) is 37.2 Å². The third-order valence-electron chi connectivity index (χ3n) is 3.60. The Morgan fingerprint density at radius 3 is 2.56 bits per heavy atom. The van der Waals surface area contributed by atoms with Crippen molar-refractivity contribution in [3.05, 3.63) is 16.6 Å². The van der Waals surface area contributed by atoms with Gasteiger partial charge in [-0.25, -0.2) is 14.9 Å². The first-order valence-electron chi connectivity index (χ1n) is 7.85. The van der Waals surface area contributed by atoms with Gasteiger partial charge in [0.25, 0.3) is 5.56 Å². The molecule has 3 N–H and O–H groups in total. The Kier molecular flexibility index (Phi) is 6.40. The highest BCUT2D eigenvalue weighted by atomic mass is 19.4. The standard InChI is InChI=1S/C13H16N6O.C2HF3O2/c1-2-3-6-19-11-10(9-15-17-12(11)20)16-13(19)18-7-4-14-5-8-18;3-2(4,5)1(6)7/h9,14H,4-8H2,1H3,(H,17,20);(H,6,7). The van der Waals surface area contributed by atoms with Crippen LogP contribution in [0.4, 0.5) is 19.1 Å². The lowest BCUT2D eigenvalue weighted by Crippen LogP contribution is -2.44. The number of rotatable bonds is 2. The smallest absolute Gasteiger partial charge is 0.475 e. The maximum Gasteiger partial charge on any atom is 0.490 e. The van der Waals surface area contributed by atoms with Crippen LogP contribution in [0.3, 0.4) is 0 Å². The lowest BCUT2D eigenvalue weighted by Gasteiger charge is -2.28. The van der Waals surface area contributed by atoms with Gasteiger partial charge < -0.3 is 15.3 Å². The number of alkyl halides is 3. The van der Waals surface area contributed by atoms with Crippen molar-refractivity contribution in [1.29, 1.82) is 0 Å². The van der Waals surface area contributed by atoms with Crippen molar-refractivity contribution in [3.63, 3.8) is 0 Å². The summed E-state index contributed by atoms with van der Waals surface area (Å²) in [4.78, 5) is 27.6. The number of piperazine rings is 1. The van der Waals surface area contributed by atoms with Crippen LogP contribution in [-0.2, 0) is 11.3 Å². The second-order valence-electron chi connectivity index (χ2n) is 5.40. The summed E-state index contributed by atoms with van der Waals surface area (Å²) in [6.45, 7) is 5.81. The highest BCUT2D eigenvalue weighted by Gasteiger charge is 2.38. The fraction of sp³-hybridized carbons (Fsp3) is 0.467. The van der Waals surface area contributed by atoms with Gasteiger partial charge in [0.1, 0.15) is 11.0 Å². The van der Waals surface area contributed by atoms with Crippen molar-refractivity contribution in [1.82, 2.24) is 25.1 Å². The molecule has 1 saturated heterocycles. The van der Waals surface area contributed by atoms with E-state index in [1.807, 2.05) is 4.57 Å². The van der Waals surface area contributed by atoms with Crippen molar-refractivity contribution in [3.8, 4) is 11.8 Å².